The summed E-state index contributed by atoms with van der Waals surface area (Å²) in [5, 5.41) is 12.5. The molecule has 3 N–H and O–H groups in total. The van der Waals surface area contributed by atoms with Crippen LogP contribution in [0, 0.1) is 12.8 Å². The van der Waals surface area contributed by atoms with E-state index < -0.39 is 5.60 Å². The van der Waals surface area contributed by atoms with E-state index in [1.807, 2.05) is 25.1 Å². The predicted molar refractivity (Wildman–Crippen MR) is 72.8 cm³/mol. The number of carbonyl (C=O) groups is 1. The Morgan fingerprint density at radius 2 is 2.26 bits per heavy atom. The lowest BCUT2D eigenvalue weighted by Gasteiger charge is -2.39. The molecule has 0 unspecified atom stereocenters. The lowest BCUT2D eigenvalue weighted by atomic mass is 9.72. The number of fused-ring (bicyclic) bond motifs is 1. The highest BCUT2D eigenvalue weighted by molar-refractivity contribution is 5.95. The van der Waals surface area contributed by atoms with E-state index in [0.29, 0.717) is 12.8 Å². The van der Waals surface area contributed by atoms with Crippen molar-refractivity contribution in [2.45, 2.75) is 32.3 Å². The first kappa shape index (κ1) is 12.2. The zero-order valence-corrected chi connectivity index (χ0v) is 11.0. The average Bonchev–Trinajstić information content (AvgIpc) is 2.65. The fourth-order valence-electron chi connectivity index (χ4n) is 2.65. The van der Waals surface area contributed by atoms with Crippen molar-refractivity contribution in [3.8, 4) is 0 Å². The number of anilines is 1. The molecule has 100 valence electrons. The number of H-pyrrole nitrogens is 1. The molecule has 1 saturated carbocycles. The molecule has 0 radical (unpaired) electrons. The summed E-state index contributed by atoms with van der Waals surface area (Å²) in [6.07, 6.45) is 1.06. The van der Waals surface area contributed by atoms with Gasteiger partial charge in [0.05, 0.1) is 16.6 Å². The van der Waals surface area contributed by atoms with Crippen LogP contribution in [0.3, 0.4) is 0 Å². The molecule has 1 aromatic carbocycles. The number of aryl methyl sites for hydroxylation is 1. The molecular formula is C14H17N3O2. The Bertz CT molecular complexity index is 637. The summed E-state index contributed by atoms with van der Waals surface area (Å²) in [4.78, 5) is 19.4. The number of nitrogens with zero attached hydrogens (tertiary/aromatic N) is 1. The monoisotopic (exact) mass is 259 g/mol. The van der Waals surface area contributed by atoms with Gasteiger partial charge < -0.3 is 15.4 Å². The lowest BCUT2D eigenvalue weighted by molar-refractivity contribution is -0.133. The molecule has 1 amide bonds. The summed E-state index contributed by atoms with van der Waals surface area (Å²) in [6.45, 7) is 3.66. The van der Waals surface area contributed by atoms with E-state index in [9.17, 15) is 9.90 Å². The van der Waals surface area contributed by atoms with Crippen LogP contribution in [0.4, 0.5) is 5.69 Å². The van der Waals surface area contributed by atoms with Gasteiger partial charge >= 0.3 is 0 Å². The molecule has 0 saturated heterocycles. The SMILES string of the molecule is Cc1nc2ccc(NC(=O)C3CC(C)(O)C3)cc2[nH]1. The number of carbonyl (C=O) groups excluding carboxylic acids is 1. The maximum absolute atomic E-state index is 12.0. The normalized spacial score (nSPS) is 26.2. The highest BCUT2D eigenvalue weighted by Gasteiger charge is 2.42. The second-order valence-electron chi connectivity index (χ2n) is 5.65. The van der Waals surface area contributed by atoms with Crippen molar-refractivity contribution in [2.75, 3.05) is 5.32 Å². The highest BCUT2D eigenvalue weighted by atomic mass is 16.3. The lowest BCUT2D eigenvalue weighted by Crippen LogP contribution is -2.46. The van der Waals surface area contributed by atoms with E-state index in [1.54, 1.807) is 6.92 Å². The minimum Gasteiger partial charge on any atom is -0.390 e. The Morgan fingerprint density at radius 3 is 2.95 bits per heavy atom. The van der Waals surface area contributed by atoms with Crippen molar-refractivity contribution >= 4 is 22.6 Å². The molecular weight excluding hydrogens is 242 g/mol. The molecule has 1 heterocycles. The number of aliphatic hydroxyl groups is 1. The van der Waals surface area contributed by atoms with Gasteiger partial charge in [0, 0.05) is 11.6 Å². The van der Waals surface area contributed by atoms with Gasteiger partial charge in [-0.3, -0.25) is 4.79 Å². The van der Waals surface area contributed by atoms with Crippen molar-refractivity contribution in [3.05, 3.63) is 24.0 Å². The number of amides is 1. The minimum atomic E-state index is -0.674. The molecule has 3 rings (SSSR count). The smallest absolute Gasteiger partial charge is 0.227 e. The van der Waals surface area contributed by atoms with Crippen molar-refractivity contribution < 1.29 is 9.90 Å². The van der Waals surface area contributed by atoms with Gasteiger partial charge in [-0.05, 0) is 44.9 Å². The molecule has 5 nitrogen and oxygen atoms in total. The van der Waals surface area contributed by atoms with E-state index in [1.165, 1.54) is 0 Å². The van der Waals surface area contributed by atoms with Gasteiger partial charge in [0.15, 0.2) is 0 Å². The summed E-state index contributed by atoms with van der Waals surface area (Å²) in [5.41, 5.74) is 1.89. The fourth-order valence-corrected chi connectivity index (χ4v) is 2.65. The molecule has 1 aliphatic rings. The van der Waals surface area contributed by atoms with Crippen molar-refractivity contribution in [1.29, 1.82) is 0 Å². The Hall–Kier alpha value is -1.88. The van der Waals surface area contributed by atoms with Crippen molar-refractivity contribution in [3.63, 3.8) is 0 Å². The molecule has 0 bridgehead atoms. The van der Waals surface area contributed by atoms with Crippen LogP contribution in [0.1, 0.15) is 25.6 Å². The largest absolute Gasteiger partial charge is 0.390 e. The third kappa shape index (κ3) is 2.33. The number of aromatic nitrogens is 2. The number of nitrogens with one attached hydrogen (secondary N) is 2. The highest BCUT2D eigenvalue weighted by Crippen LogP contribution is 2.37. The quantitative estimate of drug-likeness (QED) is 0.771. The zero-order chi connectivity index (χ0) is 13.6. The van der Waals surface area contributed by atoms with Crippen molar-refractivity contribution in [2.24, 2.45) is 5.92 Å². The molecule has 2 aromatic rings. The Morgan fingerprint density at radius 1 is 1.53 bits per heavy atom. The Kier molecular flexibility index (Phi) is 2.60. The first-order valence-electron chi connectivity index (χ1n) is 6.43. The second kappa shape index (κ2) is 4.06. The number of aromatic amines is 1. The predicted octanol–water partition coefficient (Wildman–Crippen LogP) is 1.97. The van der Waals surface area contributed by atoms with Gasteiger partial charge in [0.25, 0.3) is 0 Å². The van der Waals surface area contributed by atoms with Gasteiger partial charge in [0.2, 0.25) is 5.91 Å². The number of rotatable bonds is 2. The number of hydrogen-bond donors (Lipinski definition) is 3. The summed E-state index contributed by atoms with van der Waals surface area (Å²) in [5.74, 6) is 0.741. The molecule has 5 heteroatoms. The third-order valence-corrected chi connectivity index (χ3v) is 3.61. The van der Waals surface area contributed by atoms with Crippen LogP contribution in [-0.4, -0.2) is 26.6 Å². The van der Waals surface area contributed by atoms with Gasteiger partial charge in [-0.15, -0.1) is 0 Å². The summed E-state index contributed by atoms with van der Waals surface area (Å²) in [7, 11) is 0. The topological polar surface area (TPSA) is 78.0 Å². The summed E-state index contributed by atoms with van der Waals surface area (Å²) in [6, 6.07) is 5.60. The van der Waals surface area contributed by atoms with E-state index in [0.717, 1.165) is 22.5 Å². The van der Waals surface area contributed by atoms with E-state index >= 15 is 0 Å². The minimum absolute atomic E-state index is 0.0258. The first-order valence-corrected chi connectivity index (χ1v) is 6.43. The second-order valence-corrected chi connectivity index (χ2v) is 5.65. The molecule has 0 aliphatic heterocycles. The maximum atomic E-state index is 12.0. The van der Waals surface area contributed by atoms with Crippen LogP contribution in [-0.2, 0) is 4.79 Å². The van der Waals surface area contributed by atoms with Gasteiger partial charge in [-0.1, -0.05) is 0 Å². The molecule has 19 heavy (non-hydrogen) atoms. The van der Waals surface area contributed by atoms with E-state index in [-0.39, 0.29) is 11.8 Å². The first-order chi connectivity index (χ1) is 8.93. The number of benzene rings is 1. The summed E-state index contributed by atoms with van der Waals surface area (Å²) >= 11 is 0. The Balaban J connectivity index is 1.73. The standard InChI is InChI=1S/C14H17N3O2/c1-8-15-11-4-3-10(5-12(11)16-8)17-13(18)9-6-14(2,19)7-9/h3-5,9,19H,6-7H2,1-2H3,(H,15,16)(H,17,18). The molecule has 1 aliphatic carbocycles. The number of imidazole rings is 1. The number of hydrogen-bond acceptors (Lipinski definition) is 3. The van der Waals surface area contributed by atoms with Gasteiger partial charge in [-0.25, -0.2) is 4.98 Å². The van der Waals surface area contributed by atoms with Gasteiger partial charge in [0.1, 0.15) is 5.82 Å². The van der Waals surface area contributed by atoms with Crippen molar-refractivity contribution in [1.82, 2.24) is 9.97 Å². The van der Waals surface area contributed by atoms with Crippen LogP contribution >= 0.6 is 0 Å². The van der Waals surface area contributed by atoms with Crippen LogP contribution in [0.5, 0.6) is 0 Å². The van der Waals surface area contributed by atoms with Crippen LogP contribution in [0.25, 0.3) is 11.0 Å². The Labute approximate surface area is 111 Å². The summed E-state index contributed by atoms with van der Waals surface area (Å²) < 4.78 is 0. The van der Waals surface area contributed by atoms with Crippen LogP contribution < -0.4 is 5.32 Å². The molecule has 1 aromatic heterocycles. The maximum Gasteiger partial charge on any atom is 0.227 e. The van der Waals surface area contributed by atoms with Crippen LogP contribution in [0.15, 0.2) is 18.2 Å². The zero-order valence-electron chi connectivity index (χ0n) is 11.0. The van der Waals surface area contributed by atoms with Crippen LogP contribution in [0.2, 0.25) is 0 Å². The van der Waals surface area contributed by atoms with Gasteiger partial charge in [-0.2, -0.15) is 0 Å². The van der Waals surface area contributed by atoms with E-state index in [2.05, 4.69) is 15.3 Å². The van der Waals surface area contributed by atoms with E-state index in [4.69, 9.17) is 0 Å². The molecule has 0 spiro atoms. The fraction of sp³-hybridized carbons (Fsp3) is 0.429. The average molecular weight is 259 g/mol. The molecule has 0 atom stereocenters. The third-order valence-electron chi connectivity index (χ3n) is 3.61. The molecule has 1 fully saturated rings.